The first-order valence-electron chi connectivity index (χ1n) is 12.8. The van der Waals surface area contributed by atoms with Crippen LogP contribution < -0.4 is 10.6 Å². The Morgan fingerprint density at radius 3 is 2.49 bits per heavy atom. The van der Waals surface area contributed by atoms with Crippen molar-refractivity contribution in [2.24, 2.45) is 17.8 Å². The number of amides is 3. The number of ether oxygens (including phenoxy) is 1. The highest BCUT2D eigenvalue weighted by Gasteiger charge is 2.75. The van der Waals surface area contributed by atoms with Gasteiger partial charge in [0.1, 0.15) is 11.6 Å². The van der Waals surface area contributed by atoms with Gasteiger partial charge in [0, 0.05) is 5.69 Å². The van der Waals surface area contributed by atoms with Crippen LogP contribution in [0.4, 0.5) is 11.4 Å². The van der Waals surface area contributed by atoms with Crippen molar-refractivity contribution in [3.63, 3.8) is 0 Å². The Bertz CT molecular complexity index is 1190. The van der Waals surface area contributed by atoms with E-state index in [0.29, 0.717) is 35.7 Å². The molecule has 3 N–H and O–H groups in total. The molecule has 3 aliphatic rings. The summed E-state index contributed by atoms with van der Waals surface area (Å²) in [5.74, 6) is -2.44. The van der Waals surface area contributed by atoms with Crippen LogP contribution in [-0.2, 0) is 19.1 Å². The number of para-hydroxylation sites is 2. The van der Waals surface area contributed by atoms with Gasteiger partial charge in [0.25, 0.3) is 0 Å². The summed E-state index contributed by atoms with van der Waals surface area (Å²) in [6, 6.07) is 14.4. The first-order valence-corrected chi connectivity index (χ1v) is 13.2. The van der Waals surface area contributed by atoms with Crippen LogP contribution in [0.3, 0.4) is 0 Å². The van der Waals surface area contributed by atoms with E-state index in [9.17, 15) is 19.5 Å². The maximum atomic E-state index is 14.1. The van der Waals surface area contributed by atoms with Gasteiger partial charge in [0.05, 0.1) is 41.3 Å². The van der Waals surface area contributed by atoms with Crippen molar-refractivity contribution in [2.75, 3.05) is 17.2 Å². The van der Waals surface area contributed by atoms with E-state index in [4.69, 9.17) is 16.3 Å². The van der Waals surface area contributed by atoms with E-state index in [-0.39, 0.29) is 24.3 Å². The largest absolute Gasteiger partial charge is 0.394 e. The van der Waals surface area contributed by atoms with Crippen molar-refractivity contribution in [3.05, 3.63) is 59.6 Å². The zero-order chi connectivity index (χ0) is 26.3. The predicted molar refractivity (Wildman–Crippen MR) is 140 cm³/mol. The molecule has 196 valence electrons. The molecule has 3 fully saturated rings. The third-order valence-electron chi connectivity index (χ3n) is 7.81. The normalized spacial score (nSPS) is 28.9. The molecule has 9 heteroatoms. The van der Waals surface area contributed by atoms with E-state index in [2.05, 4.69) is 10.6 Å². The second kappa shape index (κ2) is 10.1. The Morgan fingerprint density at radius 1 is 1.11 bits per heavy atom. The van der Waals surface area contributed by atoms with Crippen LogP contribution in [0.15, 0.2) is 54.6 Å². The molecule has 2 bridgehead atoms. The fourth-order valence-electron chi connectivity index (χ4n) is 6.42. The van der Waals surface area contributed by atoms with Gasteiger partial charge in [-0.1, -0.05) is 55.8 Å². The molecular formula is C28H32ClN3O5. The third-order valence-corrected chi connectivity index (χ3v) is 8.14. The third kappa shape index (κ3) is 4.41. The number of nitrogens with zero attached hydrogens (tertiary/aromatic N) is 1. The monoisotopic (exact) mass is 525 g/mol. The molecule has 0 radical (unpaired) electrons. The molecule has 3 saturated heterocycles. The number of anilines is 2. The molecule has 8 nitrogen and oxygen atoms in total. The molecule has 1 spiro atoms. The van der Waals surface area contributed by atoms with Gasteiger partial charge in [-0.15, -0.1) is 0 Å². The van der Waals surface area contributed by atoms with Crippen LogP contribution in [0, 0.1) is 17.8 Å². The molecular weight excluding hydrogens is 494 g/mol. The van der Waals surface area contributed by atoms with Crippen molar-refractivity contribution < 1.29 is 24.2 Å². The number of carbonyl (C=O) groups is 3. The van der Waals surface area contributed by atoms with Crippen LogP contribution in [-0.4, -0.2) is 58.1 Å². The SMILES string of the molecule is CC(C)C[C@H](CO)N1C(=O)[C@@H]2[C@@H](C(=O)Nc3ccccc3)[C@H]3CCC2(O3)C1C(=O)Nc1ccccc1Cl. The average molecular weight is 526 g/mol. The predicted octanol–water partition coefficient (Wildman–Crippen LogP) is 3.70. The highest BCUT2D eigenvalue weighted by molar-refractivity contribution is 6.33. The summed E-state index contributed by atoms with van der Waals surface area (Å²) in [5, 5.41) is 16.5. The van der Waals surface area contributed by atoms with Crippen molar-refractivity contribution in [2.45, 2.75) is 56.9 Å². The molecule has 3 aliphatic heterocycles. The fraction of sp³-hybridized carbons (Fsp3) is 0.464. The van der Waals surface area contributed by atoms with Crippen LogP contribution >= 0.6 is 11.6 Å². The Hall–Kier alpha value is -2.94. The van der Waals surface area contributed by atoms with Gasteiger partial charge in [0.2, 0.25) is 17.7 Å². The minimum atomic E-state index is -1.16. The topological polar surface area (TPSA) is 108 Å². The molecule has 6 atom stereocenters. The number of likely N-dealkylation sites (tertiary alicyclic amines) is 1. The Balaban J connectivity index is 1.52. The van der Waals surface area contributed by atoms with E-state index < -0.39 is 41.5 Å². The first kappa shape index (κ1) is 25.7. The quantitative estimate of drug-likeness (QED) is 0.487. The molecule has 3 amide bonds. The lowest BCUT2D eigenvalue weighted by Gasteiger charge is -2.37. The van der Waals surface area contributed by atoms with Crippen molar-refractivity contribution >= 4 is 40.7 Å². The highest BCUT2D eigenvalue weighted by Crippen LogP contribution is 2.59. The van der Waals surface area contributed by atoms with Gasteiger partial charge in [-0.2, -0.15) is 0 Å². The van der Waals surface area contributed by atoms with E-state index >= 15 is 0 Å². The van der Waals surface area contributed by atoms with E-state index in [0.717, 1.165) is 0 Å². The van der Waals surface area contributed by atoms with Crippen LogP contribution in [0.1, 0.15) is 33.1 Å². The number of aliphatic hydroxyl groups is 1. The second-order valence-electron chi connectivity index (χ2n) is 10.6. The van der Waals surface area contributed by atoms with Gasteiger partial charge in [-0.25, -0.2) is 0 Å². The number of rotatable bonds is 8. The number of hydrogen-bond acceptors (Lipinski definition) is 5. The number of benzene rings is 2. The molecule has 2 aromatic carbocycles. The molecule has 0 saturated carbocycles. The van der Waals surface area contributed by atoms with Crippen LogP contribution in [0.5, 0.6) is 0 Å². The zero-order valence-corrected chi connectivity index (χ0v) is 21.6. The highest BCUT2D eigenvalue weighted by atomic mass is 35.5. The molecule has 0 aromatic heterocycles. The fourth-order valence-corrected chi connectivity index (χ4v) is 6.60. The summed E-state index contributed by atoms with van der Waals surface area (Å²) < 4.78 is 6.46. The maximum Gasteiger partial charge on any atom is 0.250 e. The molecule has 3 heterocycles. The maximum absolute atomic E-state index is 14.1. The lowest BCUT2D eigenvalue weighted by molar-refractivity contribution is -0.143. The van der Waals surface area contributed by atoms with E-state index in [1.807, 2.05) is 32.0 Å². The van der Waals surface area contributed by atoms with E-state index in [1.165, 1.54) is 4.90 Å². The van der Waals surface area contributed by atoms with Gasteiger partial charge in [-0.3, -0.25) is 14.4 Å². The first-order chi connectivity index (χ1) is 17.8. The minimum Gasteiger partial charge on any atom is -0.394 e. The number of fused-ring (bicyclic) bond motifs is 1. The van der Waals surface area contributed by atoms with Crippen molar-refractivity contribution in [1.29, 1.82) is 0 Å². The van der Waals surface area contributed by atoms with E-state index in [1.54, 1.807) is 36.4 Å². The Labute approximate surface area is 221 Å². The number of hydrogen-bond donors (Lipinski definition) is 3. The number of nitrogens with one attached hydrogen (secondary N) is 2. The lowest BCUT2D eigenvalue weighted by Crippen LogP contribution is -2.56. The van der Waals surface area contributed by atoms with Crippen LogP contribution in [0.25, 0.3) is 0 Å². The smallest absolute Gasteiger partial charge is 0.250 e. The van der Waals surface area contributed by atoms with Gasteiger partial charge < -0.3 is 25.4 Å². The molecule has 5 rings (SSSR count). The summed E-state index contributed by atoms with van der Waals surface area (Å²) >= 11 is 6.31. The number of carbonyl (C=O) groups excluding carboxylic acids is 3. The molecule has 2 aromatic rings. The molecule has 2 unspecified atom stereocenters. The summed E-state index contributed by atoms with van der Waals surface area (Å²) in [6.07, 6.45) is 1.08. The summed E-state index contributed by atoms with van der Waals surface area (Å²) in [6.45, 7) is 3.70. The Kier molecular flexibility index (Phi) is 7.00. The summed E-state index contributed by atoms with van der Waals surface area (Å²) in [5.41, 5.74) is -0.0969. The van der Waals surface area contributed by atoms with Gasteiger partial charge in [-0.05, 0) is 49.4 Å². The van der Waals surface area contributed by atoms with Gasteiger partial charge >= 0.3 is 0 Å². The summed E-state index contributed by atoms with van der Waals surface area (Å²) in [7, 11) is 0. The summed E-state index contributed by atoms with van der Waals surface area (Å²) in [4.78, 5) is 43.0. The molecule has 37 heavy (non-hydrogen) atoms. The average Bonchev–Trinajstić information content (AvgIpc) is 3.52. The standard InChI is InChI=1S/C28H32ClN3O5/c1-16(2)14-18(15-33)32-24(26(35)31-20-11-7-6-10-19(20)29)28-13-12-21(37-28)22(23(28)27(32)36)25(34)30-17-8-4-3-5-9-17/h3-11,16,18,21-24,33H,12-15H2,1-2H3,(H,30,34)(H,31,35)/t18-,21-,22+,23+,24?,28?/m1/s1. The van der Waals surface area contributed by atoms with Crippen molar-refractivity contribution in [1.82, 2.24) is 4.90 Å². The Morgan fingerprint density at radius 2 is 1.81 bits per heavy atom. The lowest BCUT2D eigenvalue weighted by atomic mass is 9.70. The van der Waals surface area contributed by atoms with Crippen molar-refractivity contribution in [3.8, 4) is 0 Å². The second-order valence-corrected chi connectivity index (χ2v) is 11.0. The number of halogens is 1. The molecule has 0 aliphatic carbocycles. The zero-order valence-electron chi connectivity index (χ0n) is 20.9. The number of aliphatic hydroxyl groups excluding tert-OH is 1. The van der Waals surface area contributed by atoms with Gasteiger partial charge in [0.15, 0.2) is 0 Å². The minimum absolute atomic E-state index is 0.171. The van der Waals surface area contributed by atoms with Crippen LogP contribution in [0.2, 0.25) is 5.02 Å².